The fourth-order valence-corrected chi connectivity index (χ4v) is 5.92. The number of aromatic nitrogens is 2. The van der Waals surface area contributed by atoms with Gasteiger partial charge in [-0.2, -0.15) is 13.5 Å². The quantitative estimate of drug-likeness (QED) is 0.351. The first kappa shape index (κ1) is 28.8. The van der Waals surface area contributed by atoms with Crippen LogP contribution in [0.2, 0.25) is 10.0 Å². The summed E-state index contributed by atoms with van der Waals surface area (Å²) in [6, 6.07) is 7.95. The number of anilines is 2. The van der Waals surface area contributed by atoms with Crippen LogP contribution in [0, 0.1) is 12.8 Å². The van der Waals surface area contributed by atoms with Crippen LogP contribution in [0.15, 0.2) is 60.1 Å². The maximum atomic E-state index is 13.8. The molecule has 3 aromatic rings. The summed E-state index contributed by atoms with van der Waals surface area (Å²) in [5, 5.41) is 11.2. The van der Waals surface area contributed by atoms with Crippen molar-refractivity contribution in [3.8, 4) is 5.75 Å². The molecule has 2 amide bonds. The Hall–Kier alpha value is -3.74. The number of hydrogen-bond acceptors (Lipinski definition) is 9. The summed E-state index contributed by atoms with van der Waals surface area (Å²) in [5.41, 5.74) is 0.976. The van der Waals surface area contributed by atoms with E-state index >= 15 is 0 Å². The van der Waals surface area contributed by atoms with Gasteiger partial charge in [0.25, 0.3) is 5.91 Å². The molecular formula is C27H26Cl2N6O5S. The van der Waals surface area contributed by atoms with E-state index in [0.717, 1.165) is 17.9 Å². The van der Waals surface area contributed by atoms with Crippen molar-refractivity contribution in [2.24, 2.45) is 11.0 Å². The van der Waals surface area contributed by atoms with Gasteiger partial charge in [0.1, 0.15) is 6.04 Å². The van der Waals surface area contributed by atoms with E-state index in [9.17, 15) is 18.0 Å². The molecular weight excluding hydrogens is 591 g/mol. The topological polar surface area (TPSA) is 143 Å². The fourth-order valence-electron chi connectivity index (χ4n) is 4.44. The Bertz CT molecular complexity index is 1630. The standard InChI is InChI=1S/C27H26Cl2N6O5S/c1-15-11-18(28)12-20(26(36)32-16(2)17-7-8-17)24(15)33-27(37)22-13-23(34-35(22)25-21(29)6-4-10-31-25)41(38,39)40-19-5-3-9-30-14-19/h3-6,9-12,14,16-17,22H,7-8,13H2,1-2H3,(H,32,36)(H,33,37). The molecule has 11 nitrogen and oxygen atoms in total. The average molecular weight is 618 g/mol. The zero-order valence-corrected chi connectivity index (χ0v) is 24.4. The van der Waals surface area contributed by atoms with E-state index < -0.39 is 27.1 Å². The zero-order valence-electron chi connectivity index (χ0n) is 22.0. The molecule has 1 fully saturated rings. The van der Waals surface area contributed by atoms with Crippen LogP contribution in [0.1, 0.15) is 42.1 Å². The highest BCUT2D eigenvalue weighted by Gasteiger charge is 2.41. The molecule has 1 aromatic carbocycles. The second-order valence-electron chi connectivity index (χ2n) is 9.83. The summed E-state index contributed by atoms with van der Waals surface area (Å²) in [6.45, 7) is 3.64. The highest BCUT2D eigenvalue weighted by molar-refractivity contribution is 8.02. The number of pyridine rings is 2. The van der Waals surface area contributed by atoms with Gasteiger partial charge >= 0.3 is 10.1 Å². The van der Waals surface area contributed by atoms with Crippen LogP contribution in [-0.4, -0.2) is 47.3 Å². The van der Waals surface area contributed by atoms with E-state index in [1.165, 1.54) is 36.8 Å². The number of carbonyl (C=O) groups is 2. The van der Waals surface area contributed by atoms with Gasteiger partial charge in [-0.25, -0.2) is 9.99 Å². The molecule has 0 saturated heterocycles. The molecule has 214 valence electrons. The Kier molecular flexibility index (Phi) is 8.16. The molecule has 2 aliphatic rings. The normalized spacial score (nSPS) is 17.5. The third-order valence-electron chi connectivity index (χ3n) is 6.75. The van der Waals surface area contributed by atoms with E-state index in [-0.39, 0.29) is 46.2 Å². The van der Waals surface area contributed by atoms with Gasteiger partial charge in [0.05, 0.1) is 22.5 Å². The number of carbonyl (C=O) groups excluding carboxylic acids is 2. The van der Waals surface area contributed by atoms with Gasteiger partial charge in [0, 0.05) is 29.9 Å². The number of aryl methyl sites for hydroxylation is 1. The summed E-state index contributed by atoms with van der Waals surface area (Å²) in [6.07, 6.45) is 5.89. The van der Waals surface area contributed by atoms with Crippen molar-refractivity contribution < 1.29 is 22.2 Å². The number of amides is 2. The molecule has 2 N–H and O–H groups in total. The van der Waals surface area contributed by atoms with Crippen LogP contribution in [0.5, 0.6) is 5.75 Å². The van der Waals surface area contributed by atoms with Crippen molar-refractivity contribution in [2.75, 3.05) is 10.3 Å². The molecule has 0 radical (unpaired) electrons. The van der Waals surface area contributed by atoms with E-state index in [1.54, 1.807) is 25.1 Å². The molecule has 2 atom stereocenters. The van der Waals surface area contributed by atoms with Crippen LogP contribution in [-0.2, 0) is 14.9 Å². The van der Waals surface area contributed by atoms with Gasteiger partial charge in [0.2, 0.25) is 5.91 Å². The van der Waals surface area contributed by atoms with Crippen molar-refractivity contribution in [1.82, 2.24) is 15.3 Å². The van der Waals surface area contributed by atoms with Gasteiger partial charge in [-0.1, -0.05) is 23.2 Å². The number of hydrogen-bond donors (Lipinski definition) is 2. The van der Waals surface area contributed by atoms with E-state index in [0.29, 0.717) is 16.5 Å². The first-order valence-corrected chi connectivity index (χ1v) is 14.9. The highest BCUT2D eigenvalue weighted by Crippen LogP contribution is 2.34. The lowest BCUT2D eigenvalue weighted by molar-refractivity contribution is -0.117. The predicted octanol–water partition coefficient (Wildman–Crippen LogP) is 4.56. The number of nitrogens with one attached hydrogen (secondary N) is 2. The van der Waals surface area contributed by atoms with Gasteiger partial charge in [-0.15, -0.1) is 0 Å². The number of halogens is 2. The second-order valence-corrected chi connectivity index (χ2v) is 12.2. The minimum Gasteiger partial charge on any atom is -0.376 e. The Morgan fingerprint density at radius 3 is 2.59 bits per heavy atom. The number of rotatable bonds is 8. The Labute approximate surface area is 247 Å². The highest BCUT2D eigenvalue weighted by atomic mass is 35.5. The largest absolute Gasteiger partial charge is 0.376 e. The Morgan fingerprint density at radius 1 is 1.15 bits per heavy atom. The van der Waals surface area contributed by atoms with Crippen molar-refractivity contribution in [2.45, 2.75) is 45.2 Å². The third kappa shape index (κ3) is 6.45. The van der Waals surface area contributed by atoms with Crippen LogP contribution in [0.25, 0.3) is 0 Å². The van der Waals surface area contributed by atoms with E-state index in [2.05, 4.69) is 25.7 Å². The zero-order chi connectivity index (χ0) is 29.3. The van der Waals surface area contributed by atoms with E-state index in [4.69, 9.17) is 27.4 Å². The van der Waals surface area contributed by atoms with Crippen LogP contribution in [0.4, 0.5) is 11.5 Å². The molecule has 1 aliphatic heterocycles. The molecule has 5 rings (SSSR count). The maximum absolute atomic E-state index is 13.8. The lowest BCUT2D eigenvalue weighted by Crippen LogP contribution is -2.40. The van der Waals surface area contributed by atoms with Crippen LogP contribution in [0.3, 0.4) is 0 Å². The SMILES string of the molecule is Cc1cc(Cl)cc(C(=O)NC(C)C2CC2)c1NC(=O)C1CC(S(=O)(=O)Oc2cccnc2)=NN1c1ncccc1Cl. The van der Waals surface area contributed by atoms with Crippen LogP contribution < -0.4 is 19.8 Å². The molecule has 41 heavy (non-hydrogen) atoms. The molecule has 1 aliphatic carbocycles. The van der Waals surface area contributed by atoms with Gasteiger partial charge < -0.3 is 14.8 Å². The summed E-state index contributed by atoms with van der Waals surface area (Å²) in [5.74, 6) is -0.551. The first-order chi connectivity index (χ1) is 19.5. The summed E-state index contributed by atoms with van der Waals surface area (Å²) in [4.78, 5) is 35.1. The molecule has 2 aromatic heterocycles. The molecule has 1 saturated carbocycles. The van der Waals surface area contributed by atoms with Gasteiger partial charge in [-0.05, 0) is 74.6 Å². The predicted molar refractivity (Wildman–Crippen MR) is 156 cm³/mol. The lowest BCUT2D eigenvalue weighted by Gasteiger charge is -2.24. The van der Waals surface area contributed by atoms with Crippen LogP contribution >= 0.6 is 23.2 Å². The van der Waals surface area contributed by atoms with Crippen molar-refractivity contribution >= 4 is 61.7 Å². The second kappa shape index (κ2) is 11.6. The van der Waals surface area contributed by atoms with Gasteiger partial charge in [-0.3, -0.25) is 14.6 Å². The molecule has 2 unspecified atom stereocenters. The Morgan fingerprint density at radius 2 is 1.90 bits per heavy atom. The number of benzene rings is 1. The fraction of sp³-hybridized carbons (Fsp3) is 0.296. The number of hydrazone groups is 1. The molecule has 14 heteroatoms. The minimum absolute atomic E-state index is 0.0154. The summed E-state index contributed by atoms with van der Waals surface area (Å²) < 4.78 is 31.4. The summed E-state index contributed by atoms with van der Waals surface area (Å²) >= 11 is 12.6. The molecule has 0 bridgehead atoms. The Balaban J connectivity index is 1.45. The molecule has 3 heterocycles. The maximum Gasteiger partial charge on any atom is 0.354 e. The average Bonchev–Trinajstić information content (AvgIpc) is 3.68. The minimum atomic E-state index is -4.42. The van der Waals surface area contributed by atoms with Gasteiger partial charge in [0.15, 0.2) is 16.6 Å². The molecule has 0 spiro atoms. The smallest absolute Gasteiger partial charge is 0.354 e. The first-order valence-electron chi connectivity index (χ1n) is 12.8. The van der Waals surface area contributed by atoms with Crippen molar-refractivity contribution in [3.63, 3.8) is 0 Å². The monoisotopic (exact) mass is 616 g/mol. The number of nitrogens with zero attached hydrogens (tertiary/aromatic N) is 4. The van der Waals surface area contributed by atoms with E-state index in [1.807, 2.05) is 6.92 Å². The lowest BCUT2D eigenvalue weighted by atomic mass is 10.1. The third-order valence-corrected chi connectivity index (χ3v) is 8.50. The van der Waals surface area contributed by atoms with Crippen molar-refractivity contribution in [3.05, 3.63) is 76.2 Å². The van der Waals surface area contributed by atoms with Crippen molar-refractivity contribution in [1.29, 1.82) is 0 Å². The summed E-state index contributed by atoms with van der Waals surface area (Å²) in [7, 11) is -4.42.